The van der Waals surface area contributed by atoms with Crippen LogP contribution in [0.2, 0.25) is 0 Å². The molecule has 2 aromatic rings. The second-order valence-electron chi connectivity index (χ2n) is 9.34. The Hall–Kier alpha value is -2.52. The second-order valence-corrected chi connectivity index (χ2v) is 9.34. The van der Waals surface area contributed by atoms with Gasteiger partial charge in [-0.2, -0.15) is 41.5 Å². The summed E-state index contributed by atoms with van der Waals surface area (Å²) in [6.07, 6.45) is 3.21. The van der Waals surface area contributed by atoms with E-state index in [1.807, 2.05) is 39.3 Å². The molecule has 0 aliphatic heterocycles. The summed E-state index contributed by atoms with van der Waals surface area (Å²) in [5.74, 6) is -0.938. The van der Waals surface area contributed by atoms with Gasteiger partial charge in [0.25, 0.3) is 0 Å². The molecular weight excluding hydrogens is 504 g/mol. The molecule has 0 aliphatic rings. The molecule has 0 radical (unpaired) electrons. The Balaban J connectivity index is 0.00000760. The van der Waals surface area contributed by atoms with Crippen LogP contribution in [0.5, 0.6) is 0 Å². The van der Waals surface area contributed by atoms with Gasteiger partial charge < -0.3 is 32.3 Å². The first-order valence-corrected chi connectivity index (χ1v) is 13.0. The molecule has 2 aromatic carbocycles. The third-order valence-corrected chi connectivity index (χ3v) is 6.57. The average molecular weight is 546 g/mol. The van der Waals surface area contributed by atoms with E-state index in [-0.39, 0.29) is 57.8 Å². The van der Waals surface area contributed by atoms with Gasteiger partial charge in [0.1, 0.15) is 18.0 Å². The van der Waals surface area contributed by atoms with E-state index in [0.717, 1.165) is 24.1 Å². The van der Waals surface area contributed by atoms with Crippen LogP contribution < -0.4 is 29.5 Å². The van der Waals surface area contributed by atoms with Crippen molar-refractivity contribution in [1.29, 1.82) is 5.26 Å². The van der Waals surface area contributed by atoms with Gasteiger partial charge in [-0.25, -0.2) is 4.39 Å². The fourth-order valence-electron chi connectivity index (χ4n) is 4.02. The molecule has 9 heteroatoms. The van der Waals surface area contributed by atoms with E-state index in [1.54, 1.807) is 25.3 Å². The molecular formula is C31H41FLiN3O4-2. The van der Waals surface area contributed by atoms with E-state index < -0.39 is 23.9 Å². The maximum Gasteiger partial charge on any atom is 1.00 e. The Labute approximate surface area is 251 Å². The Bertz CT molecular complexity index is 1080. The van der Waals surface area contributed by atoms with Gasteiger partial charge in [-0.3, -0.25) is 11.1 Å². The summed E-state index contributed by atoms with van der Waals surface area (Å²) in [6.45, 7) is 4.89. The molecule has 2 rings (SSSR count). The predicted molar refractivity (Wildman–Crippen MR) is 151 cm³/mol. The second kappa shape index (κ2) is 20.4. The number of nitrogens with zero attached hydrogens (tertiary/aromatic N) is 1. The van der Waals surface area contributed by atoms with Crippen molar-refractivity contribution >= 4 is 12.2 Å². The number of methoxy groups -OCH3 is 1. The van der Waals surface area contributed by atoms with Crippen LogP contribution >= 0.6 is 0 Å². The van der Waals surface area contributed by atoms with Crippen molar-refractivity contribution in [3.05, 3.63) is 66.8 Å². The maximum absolute atomic E-state index is 15.0. The molecule has 214 valence electrons. The molecule has 4 atom stereocenters. The fourth-order valence-corrected chi connectivity index (χ4v) is 4.02. The summed E-state index contributed by atoms with van der Waals surface area (Å²) in [6, 6.07) is 14.5. The van der Waals surface area contributed by atoms with E-state index in [9.17, 15) is 14.9 Å². The Kier molecular flexibility index (Phi) is 19.1. The summed E-state index contributed by atoms with van der Waals surface area (Å²) >= 11 is 0. The topological polar surface area (TPSA) is 100 Å². The molecule has 0 spiro atoms. The normalized spacial score (nSPS) is 13.5. The van der Waals surface area contributed by atoms with Gasteiger partial charge in [-0.05, 0) is 43.1 Å². The molecule has 0 aromatic heterocycles. The molecule has 2 N–H and O–H groups in total. The van der Waals surface area contributed by atoms with Crippen LogP contribution in [0.1, 0.15) is 44.2 Å². The molecule has 0 saturated heterocycles. The van der Waals surface area contributed by atoms with Crippen LogP contribution in [0.4, 0.5) is 4.39 Å². The van der Waals surface area contributed by atoms with Gasteiger partial charge in [-0.15, -0.1) is 5.56 Å². The zero-order chi connectivity index (χ0) is 27.9. The van der Waals surface area contributed by atoms with Gasteiger partial charge in [0.2, 0.25) is 5.91 Å². The molecule has 0 aliphatic carbocycles. The third kappa shape index (κ3) is 11.9. The minimum atomic E-state index is -0.918. The van der Waals surface area contributed by atoms with Crippen LogP contribution in [0.15, 0.2) is 36.4 Å². The van der Waals surface area contributed by atoms with Gasteiger partial charge in [0.05, 0.1) is 18.8 Å². The molecule has 0 saturated carbocycles. The van der Waals surface area contributed by atoms with Crippen LogP contribution in [-0.4, -0.2) is 57.8 Å². The van der Waals surface area contributed by atoms with Crippen LogP contribution in [0, 0.1) is 36.6 Å². The van der Waals surface area contributed by atoms with Crippen molar-refractivity contribution in [2.24, 2.45) is 5.92 Å². The van der Waals surface area contributed by atoms with E-state index >= 15 is 4.39 Å². The van der Waals surface area contributed by atoms with Crippen molar-refractivity contribution in [3.63, 3.8) is 0 Å². The zero-order valence-corrected chi connectivity index (χ0v) is 24.7. The monoisotopic (exact) mass is 545 g/mol. The number of nitrogens with one attached hydrogen (secondary N) is 2. The van der Waals surface area contributed by atoms with Crippen molar-refractivity contribution in [2.75, 3.05) is 27.3 Å². The van der Waals surface area contributed by atoms with Crippen LogP contribution in [0.25, 0.3) is 11.1 Å². The first kappa shape index (κ1) is 37.5. The third-order valence-electron chi connectivity index (χ3n) is 6.57. The standard InChI is InChI=1S/C30H38FN3O4.CH3.Li/c1-5-21(2)29(38-20-27(37-4)13-14-33-3)30(36)34-26(19-32)17-25-12-11-24(18-28(25)31)23-10-6-8-22(16-23)9-7-15-35;;/h6,10-12,16,18,21,26-27,29,33H,5,7,9,13-14,17,20H2,1-4H3,(H,34,36);1H3;/q-2;-1;+1/t21?,26-,27+,29-;;/m0../s1. The van der Waals surface area contributed by atoms with Crippen LogP contribution in [0.3, 0.4) is 0 Å². The Morgan fingerprint density at radius 3 is 2.58 bits per heavy atom. The molecule has 0 fully saturated rings. The molecule has 0 bridgehead atoms. The maximum atomic E-state index is 15.0. The van der Waals surface area contributed by atoms with E-state index in [4.69, 9.17) is 9.47 Å². The number of nitriles is 1. The van der Waals surface area contributed by atoms with Crippen molar-refractivity contribution in [1.82, 2.24) is 10.6 Å². The smallest absolute Gasteiger partial charge is 0.542 e. The number of carbonyl (C=O) groups excluding carboxylic acids is 2. The van der Waals surface area contributed by atoms with Gasteiger partial charge in [0, 0.05) is 13.5 Å². The number of hydrogen-bond donors (Lipinski definition) is 2. The number of amides is 1. The number of aryl methyl sites for hydroxylation is 1. The van der Waals surface area contributed by atoms with Gasteiger partial charge in [0.15, 0.2) is 0 Å². The number of ether oxygens (including phenoxy) is 2. The Morgan fingerprint density at radius 2 is 1.98 bits per heavy atom. The minimum Gasteiger partial charge on any atom is -0.542 e. The summed E-state index contributed by atoms with van der Waals surface area (Å²) in [5, 5.41) is 15.5. The molecule has 40 heavy (non-hydrogen) atoms. The molecule has 1 amide bonds. The van der Waals surface area contributed by atoms with Crippen LogP contribution in [-0.2, 0) is 31.9 Å². The average Bonchev–Trinajstić information content (AvgIpc) is 2.94. The van der Waals surface area contributed by atoms with Crippen molar-refractivity contribution < 1.29 is 42.3 Å². The molecule has 0 heterocycles. The zero-order valence-electron chi connectivity index (χ0n) is 24.7. The first-order chi connectivity index (χ1) is 18.4. The Morgan fingerprint density at radius 1 is 1.25 bits per heavy atom. The summed E-state index contributed by atoms with van der Waals surface area (Å²) < 4.78 is 26.4. The van der Waals surface area contributed by atoms with Crippen molar-refractivity contribution in [2.45, 2.75) is 64.2 Å². The quantitative estimate of drug-likeness (QED) is 0.230. The van der Waals surface area contributed by atoms with Gasteiger partial charge >= 0.3 is 18.9 Å². The summed E-state index contributed by atoms with van der Waals surface area (Å²) in [4.78, 5) is 23.6. The largest absolute Gasteiger partial charge is 1.00 e. The number of halogens is 1. The molecule has 1 unspecified atom stereocenters. The molecule has 7 nitrogen and oxygen atoms in total. The van der Waals surface area contributed by atoms with E-state index in [0.29, 0.717) is 24.0 Å². The summed E-state index contributed by atoms with van der Waals surface area (Å²) in [7, 11) is 3.46. The summed E-state index contributed by atoms with van der Waals surface area (Å²) in [5.41, 5.74) is 2.65. The number of rotatable bonds is 17. The number of hydrogen-bond acceptors (Lipinski definition) is 6. The van der Waals surface area contributed by atoms with Crippen molar-refractivity contribution in [3.8, 4) is 17.2 Å². The fraction of sp³-hybridized carbons (Fsp3) is 0.484. The minimum absolute atomic E-state index is 0. The van der Waals surface area contributed by atoms with E-state index in [1.165, 1.54) is 6.07 Å². The first-order valence-electron chi connectivity index (χ1n) is 13.0. The van der Waals surface area contributed by atoms with E-state index in [2.05, 4.69) is 22.8 Å². The van der Waals surface area contributed by atoms with Gasteiger partial charge in [-0.1, -0.05) is 38.8 Å². The predicted octanol–water partition coefficient (Wildman–Crippen LogP) is 1.40. The SMILES string of the molecule is CCC(C)[C@H](OC[C@@H](CCNC)OC)C(=O)N[C@H](C#N)Cc1ccc(-c2cc[c-]c(CC[C-]=O)c2)cc1F.[CH3-].[Li+]. The number of carbonyl (C=O) groups is 1. The number of benzene rings is 2.